The molecule has 1 amide bonds. The summed E-state index contributed by atoms with van der Waals surface area (Å²) in [5.41, 5.74) is -3.46. The number of aliphatic hydroxyl groups is 1. The lowest BCUT2D eigenvalue weighted by molar-refractivity contribution is -0.250. The van der Waals surface area contributed by atoms with Crippen LogP contribution in [-0.2, 0) is 4.79 Å². The fraction of sp³-hybridized carbons (Fsp3) is 0.471. The van der Waals surface area contributed by atoms with Gasteiger partial charge in [-0.25, -0.2) is 0 Å². The van der Waals surface area contributed by atoms with Gasteiger partial charge in [-0.1, -0.05) is 18.2 Å². The number of hydrogen-bond donors (Lipinski definition) is 1. The highest BCUT2D eigenvalue weighted by Gasteiger charge is 2.57. The number of para-hydroxylation sites is 1. The Kier molecular flexibility index (Phi) is 5.95. The van der Waals surface area contributed by atoms with E-state index < -0.39 is 23.7 Å². The molecule has 2 rings (SSSR count). The van der Waals surface area contributed by atoms with Gasteiger partial charge >= 0.3 is 12.2 Å². The molecule has 1 heterocycles. The van der Waals surface area contributed by atoms with Gasteiger partial charge in [0.25, 0.3) is 5.91 Å². The summed E-state index contributed by atoms with van der Waals surface area (Å²) in [4.78, 5) is 18.3. The molecule has 27 heavy (non-hydrogen) atoms. The summed E-state index contributed by atoms with van der Waals surface area (Å²) in [6.07, 6.45) is -3.44. The number of nitriles is 1. The molecule has 1 aromatic carbocycles. The minimum Gasteiger partial charge on any atom is -0.425 e. The lowest BCUT2D eigenvalue weighted by atomic mass is 10.0. The molecule has 1 aliphatic heterocycles. The van der Waals surface area contributed by atoms with Crippen LogP contribution in [0.25, 0.3) is 0 Å². The predicted octanol–water partition coefficient (Wildman–Crippen LogP) is 1.75. The average molecular weight is 384 g/mol. The minimum absolute atomic E-state index is 0.00844. The molecule has 0 spiro atoms. The zero-order valence-corrected chi connectivity index (χ0v) is 14.8. The smallest absolute Gasteiger partial charge is 0.425 e. The number of ether oxygens (including phenoxy) is 1. The summed E-state index contributed by atoms with van der Waals surface area (Å²) in [5, 5.41) is 18.5. The molecule has 1 N–H and O–H groups in total. The molecule has 1 aliphatic rings. The Morgan fingerprint density at radius 2 is 1.96 bits per heavy atom. The molecule has 1 saturated heterocycles. The third-order valence-electron chi connectivity index (χ3n) is 4.23. The van der Waals surface area contributed by atoms with Gasteiger partial charge in [-0.05, 0) is 26.0 Å². The van der Waals surface area contributed by atoms with Crippen LogP contribution in [-0.4, -0.2) is 64.3 Å². The Morgan fingerprint density at radius 1 is 1.33 bits per heavy atom. The van der Waals surface area contributed by atoms with E-state index >= 15 is 0 Å². The number of halogens is 3. The number of amidine groups is 1. The molecule has 146 valence electrons. The molecule has 10 heteroatoms. The summed E-state index contributed by atoms with van der Waals surface area (Å²) < 4.78 is 44.3. The second kappa shape index (κ2) is 7.84. The maximum Gasteiger partial charge on any atom is 0.426 e. The van der Waals surface area contributed by atoms with Crippen LogP contribution < -0.4 is 4.74 Å². The molecule has 0 saturated carbocycles. The predicted molar refractivity (Wildman–Crippen MR) is 89.5 cm³/mol. The number of carbonyl (C=O) groups is 1. The second-order valence-corrected chi connectivity index (χ2v) is 6.27. The number of benzene rings is 1. The van der Waals surface area contributed by atoms with Gasteiger partial charge in [-0.3, -0.25) is 4.79 Å². The van der Waals surface area contributed by atoms with Crippen LogP contribution in [0.15, 0.2) is 35.3 Å². The van der Waals surface area contributed by atoms with E-state index in [4.69, 9.17) is 10.00 Å². The van der Waals surface area contributed by atoms with Crippen molar-refractivity contribution >= 4 is 11.9 Å². The number of nitrogens with zero attached hydrogens (tertiary/aromatic N) is 4. The fourth-order valence-corrected chi connectivity index (χ4v) is 2.64. The van der Waals surface area contributed by atoms with Crippen molar-refractivity contribution in [1.29, 1.82) is 5.26 Å². The van der Waals surface area contributed by atoms with Crippen molar-refractivity contribution in [3.05, 3.63) is 30.3 Å². The molecule has 0 aliphatic carbocycles. The minimum atomic E-state index is -5.08. The van der Waals surface area contributed by atoms with Crippen LogP contribution >= 0.6 is 0 Å². The van der Waals surface area contributed by atoms with Gasteiger partial charge in [0.2, 0.25) is 11.8 Å². The largest absolute Gasteiger partial charge is 0.426 e. The number of aliphatic imine (C=N–C) groups is 1. The SMILES string of the molecule is C[C@@H]1CN(C(=O)[C@@](C)(O)C(F)(F)F)CCN1C(=NC#N)Oc1ccccc1. The van der Waals surface area contributed by atoms with Gasteiger partial charge in [-0.2, -0.15) is 18.4 Å². The van der Waals surface area contributed by atoms with E-state index in [9.17, 15) is 23.1 Å². The topological polar surface area (TPSA) is 89.2 Å². The van der Waals surface area contributed by atoms with Gasteiger partial charge in [0.05, 0.1) is 0 Å². The lowest BCUT2D eigenvalue weighted by Gasteiger charge is -2.42. The standard InChI is InChI=1S/C17H19F3N4O3/c1-12-10-23(14(25)16(2,26)17(18,19)20)8-9-24(12)15(22-11-21)27-13-6-4-3-5-7-13/h3-7,12,26H,8-10H2,1-2H3/t12-,16-/m1/s1. The van der Waals surface area contributed by atoms with E-state index in [0.29, 0.717) is 12.7 Å². The van der Waals surface area contributed by atoms with E-state index in [1.807, 2.05) is 0 Å². The number of alkyl halides is 3. The number of piperazine rings is 1. The molecule has 1 fully saturated rings. The highest BCUT2D eigenvalue weighted by Crippen LogP contribution is 2.32. The third-order valence-corrected chi connectivity index (χ3v) is 4.23. The Bertz CT molecular complexity index is 744. The van der Waals surface area contributed by atoms with E-state index in [2.05, 4.69) is 4.99 Å². The zero-order chi connectivity index (χ0) is 20.2. The molecular formula is C17H19F3N4O3. The lowest BCUT2D eigenvalue weighted by Crippen LogP contribution is -2.62. The van der Waals surface area contributed by atoms with Crippen molar-refractivity contribution in [3.8, 4) is 11.9 Å². The molecular weight excluding hydrogens is 365 g/mol. The van der Waals surface area contributed by atoms with Crippen LogP contribution in [0.3, 0.4) is 0 Å². The van der Waals surface area contributed by atoms with E-state index in [0.717, 1.165) is 4.90 Å². The quantitative estimate of drug-likeness (QED) is 0.477. The molecule has 0 aromatic heterocycles. The van der Waals surface area contributed by atoms with Crippen molar-refractivity contribution in [2.24, 2.45) is 4.99 Å². The van der Waals surface area contributed by atoms with Crippen molar-refractivity contribution < 1.29 is 27.8 Å². The van der Waals surface area contributed by atoms with E-state index in [-0.39, 0.29) is 25.7 Å². The van der Waals surface area contributed by atoms with Gasteiger partial charge in [0.15, 0.2) is 0 Å². The van der Waals surface area contributed by atoms with Crippen molar-refractivity contribution in [2.75, 3.05) is 19.6 Å². The van der Waals surface area contributed by atoms with Crippen molar-refractivity contribution in [3.63, 3.8) is 0 Å². The molecule has 2 atom stereocenters. The Labute approximate surface area is 154 Å². The Morgan fingerprint density at radius 3 is 2.48 bits per heavy atom. The maximum absolute atomic E-state index is 12.9. The first-order valence-corrected chi connectivity index (χ1v) is 8.12. The Hall–Kier alpha value is -2.80. The van der Waals surface area contributed by atoms with Gasteiger partial charge < -0.3 is 19.6 Å². The van der Waals surface area contributed by atoms with Gasteiger partial charge in [0.1, 0.15) is 5.75 Å². The number of carbonyl (C=O) groups excluding carboxylic acids is 1. The monoisotopic (exact) mass is 384 g/mol. The third kappa shape index (κ3) is 4.49. The van der Waals surface area contributed by atoms with Gasteiger partial charge in [0, 0.05) is 25.7 Å². The summed E-state index contributed by atoms with van der Waals surface area (Å²) >= 11 is 0. The molecule has 0 bridgehead atoms. The zero-order valence-electron chi connectivity index (χ0n) is 14.8. The highest BCUT2D eigenvalue weighted by molar-refractivity contribution is 5.86. The van der Waals surface area contributed by atoms with Crippen molar-refractivity contribution in [2.45, 2.75) is 31.7 Å². The van der Waals surface area contributed by atoms with E-state index in [1.54, 1.807) is 48.3 Å². The average Bonchev–Trinajstić information content (AvgIpc) is 2.60. The van der Waals surface area contributed by atoms with Crippen LogP contribution in [0.1, 0.15) is 13.8 Å². The van der Waals surface area contributed by atoms with Crippen LogP contribution in [0.5, 0.6) is 5.75 Å². The number of hydrogen-bond acceptors (Lipinski definition) is 5. The van der Waals surface area contributed by atoms with Crippen LogP contribution in [0.2, 0.25) is 0 Å². The normalized spacial score (nSPS) is 20.6. The first-order chi connectivity index (χ1) is 12.6. The summed E-state index contributed by atoms with van der Waals surface area (Å²) in [7, 11) is 0. The molecule has 0 radical (unpaired) electrons. The number of amides is 1. The first kappa shape index (κ1) is 20.5. The molecule has 0 unspecified atom stereocenters. The summed E-state index contributed by atoms with van der Waals surface area (Å²) in [6.45, 7) is 2.01. The first-order valence-electron chi connectivity index (χ1n) is 8.12. The highest BCUT2D eigenvalue weighted by atomic mass is 19.4. The van der Waals surface area contributed by atoms with E-state index in [1.165, 1.54) is 0 Å². The van der Waals surface area contributed by atoms with Crippen LogP contribution in [0, 0.1) is 11.5 Å². The summed E-state index contributed by atoms with van der Waals surface area (Å²) in [5.74, 6) is -0.971. The fourth-order valence-electron chi connectivity index (χ4n) is 2.64. The van der Waals surface area contributed by atoms with Crippen LogP contribution in [0.4, 0.5) is 13.2 Å². The molecule has 1 aromatic rings. The van der Waals surface area contributed by atoms with Crippen molar-refractivity contribution in [1.82, 2.24) is 9.80 Å². The second-order valence-electron chi connectivity index (χ2n) is 6.27. The molecule has 7 nitrogen and oxygen atoms in total. The number of rotatable bonds is 2. The summed E-state index contributed by atoms with van der Waals surface area (Å²) in [6, 6.07) is 8.09. The van der Waals surface area contributed by atoms with Gasteiger partial charge in [-0.15, -0.1) is 4.99 Å². The Balaban J connectivity index is 2.12. The maximum atomic E-state index is 12.9.